The van der Waals surface area contributed by atoms with Crippen LogP contribution in [-0.4, -0.2) is 18.6 Å². The highest BCUT2D eigenvalue weighted by Gasteiger charge is 2.08. The lowest BCUT2D eigenvalue weighted by Crippen LogP contribution is -2.22. The van der Waals surface area contributed by atoms with Crippen LogP contribution >= 0.6 is 0 Å². The third-order valence-corrected chi connectivity index (χ3v) is 3.24. The molecule has 2 rings (SSSR count). The molecule has 1 aromatic carbocycles. The van der Waals surface area contributed by atoms with E-state index in [1.165, 1.54) is 16.8 Å². The van der Waals surface area contributed by atoms with Gasteiger partial charge in [0, 0.05) is 37.6 Å². The van der Waals surface area contributed by atoms with E-state index in [1.54, 1.807) is 0 Å². The summed E-state index contributed by atoms with van der Waals surface area (Å²) in [4.78, 5) is 6.71. The maximum atomic E-state index is 4.36. The van der Waals surface area contributed by atoms with Gasteiger partial charge in [-0.2, -0.15) is 0 Å². The maximum Gasteiger partial charge on any atom is 0.130 e. The second-order valence-electron chi connectivity index (χ2n) is 4.61. The monoisotopic (exact) mass is 255 g/mol. The predicted molar refractivity (Wildman–Crippen MR) is 81.7 cm³/mol. The number of aromatic nitrogens is 1. The van der Waals surface area contributed by atoms with Crippen molar-refractivity contribution in [2.75, 3.05) is 23.8 Å². The summed E-state index contributed by atoms with van der Waals surface area (Å²) in [7, 11) is 1.91. The van der Waals surface area contributed by atoms with Gasteiger partial charge in [0.1, 0.15) is 5.82 Å². The Morgan fingerprint density at radius 3 is 2.74 bits per heavy atom. The van der Waals surface area contributed by atoms with Gasteiger partial charge in [0.2, 0.25) is 0 Å². The van der Waals surface area contributed by atoms with Gasteiger partial charge in [0.15, 0.2) is 0 Å². The van der Waals surface area contributed by atoms with E-state index >= 15 is 0 Å². The molecule has 1 N–H and O–H groups in total. The second kappa shape index (κ2) is 6.23. The normalized spacial score (nSPS) is 10.3. The van der Waals surface area contributed by atoms with E-state index < -0.39 is 0 Å². The molecule has 19 heavy (non-hydrogen) atoms. The van der Waals surface area contributed by atoms with Gasteiger partial charge in [0.05, 0.1) is 0 Å². The number of nitrogens with one attached hydrogen (secondary N) is 1. The van der Waals surface area contributed by atoms with Gasteiger partial charge < -0.3 is 10.2 Å². The molecule has 0 aliphatic rings. The van der Waals surface area contributed by atoms with Crippen molar-refractivity contribution in [2.45, 2.75) is 20.4 Å². The summed E-state index contributed by atoms with van der Waals surface area (Å²) in [5.41, 5.74) is 3.76. The van der Waals surface area contributed by atoms with E-state index in [4.69, 9.17) is 0 Å². The molecule has 0 unspecified atom stereocenters. The molecule has 3 heteroatoms. The molecular formula is C16H21N3. The molecule has 1 heterocycles. The van der Waals surface area contributed by atoms with Crippen molar-refractivity contribution in [2.24, 2.45) is 0 Å². The van der Waals surface area contributed by atoms with Crippen molar-refractivity contribution in [1.82, 2.24) is 4.98 Å². The first-order chi connectivity index (χ1) is 9.24. The minimum Gasteiger partial charge on any atom is -0.373 e. The Morgan fingerprint density at radius 2 is 2.05 bits per heavy atom. The molecular weight excluding hydrogens is 234 g/mol. The Hall–Kier alpha value is -2.03. The molecule has 100 valence electrons. The van der Waals surface area contributed by atoms with Crippen molar-refractivity contribution in [1.29, 1.82) is 0 Å². The van der Waals surface area contributed by atoms with Crippen LogP contribution in [0.25, 0.3) is 0 Å². The minimum absolute atomic E-state index is 0.865. The zero-order valence-electron chi connectivity index (χ0n) is 11.9. The molecule has 0 spiro atoms. The molecule has 0 bridgehead atoms. The molecule has 0 atom stereocenters. The Labute approximate surface area is 115 Å². The van der Waals surface area contributed by atoms with E-state index in [1.807, 2.05) is 19.3 Å². The smallest absolute Gasteiger partial charge is 0.130 e. The summed E-state index contributed by atoms with van der Waals surface area (Å²) in [5, 5.41) is 3.15. The molecule has 0 aliphatic carbocycles. The van der Waals surface area contributed by atoms with Gasteiger partial charge in [-0.05, 0) is 37.6 Å². The topological polar surface area (TPSA) is 28.2 Å². The van der Waals surface area contributed by atoms with Crippen molar-refractivity contribution in [3.8, 4) is 0 Å². The average molecular weight is 255 g/mol. The molecule has 0 saturated heterocycles. The summed E-state index contributed by atoms with van der Waals surface area (Å²) in [5.74, 6) is 0.952. The number of nitrogens with zero attached hydrogens (tertiary/aromatic N) is 2. The predicted octanol–water partition coefficient (Wildman–Crippen LogP) is 3.46. The van der Waals surface area contributed by atoms with Crippen molar-refractivity contribution in [3.63, 3.8) is 0 Å². The zero-order chi connectivity index (χ0) is 13.7. The fraction of sp³-hybridized carbons (Fsp3) is 0.312. The summed E-state index contributed by atoms with van der Waals surface area (Å²) >= 11 is 0. The number of benzene rings is 1. The van der Waals surface area contributed by atoms with Crippen LogP contribution in [0.5, 0.6) is 0 Å². The largest absolute Gasteiger partial charge is 0.373 e. The number of rotatable bonds is 5. The van der Waals surface area contributed by atoms with Crippen LogP contribution in [0.2, 0.25) is 0 Å². The molecule has 0 amide bonds. The fourth-order valence-corrected chi connectivity index (χ4v) is 2.21. The number of hydrogen-bond acceptors (Lipinski definition) is 3. The minimum atomic E-state index is 0.865. The van der Waals surface area contributed by atoms with Crippen LogP contribution in [0.15, 0.2) is 42.6 Å². The molecule has 3 nitrogen and oxygen atoms in total. The Morgan fingerprint density at radius 1 is 1.21 bits per heavy atom. The quantitative estimate of drug-likeness (QED) is 0.887. The van der Waals surface area contributed by atoms with Crippen LogP contribution in [0.3, 0.4) is 0 Å². The highest BCUT2D eigenvalue weighted by molar-refractivity contribution is 5.51. The number of pyridine rings is 1. The number of hydrogen-bond donors (Lipinski definition) is 1. The van der Waals surface area contributed by atoms with Gasteiger partial charge in [-0.15, -0.1) is 0 Å². The van der Waals surface area contributed by atoms with Crippen molar-refractivity contribution in [3.05, 3.63) is 53.7 Å². The summed E-state index contributed by atoms with van der Waals surface area (Å²) in [6, 6.07) is 12.7. The highest BCUT2D eigenvalue weighted by atomic mass is 15.1. The third-order valence-electron chi connectivity index (χ3n) is 3.24. The fourth-order valence-electron chi connectivity index (χ4n) is 2.21. The lowest BCUT2D eigenvalue weighted by Gasteiger charge is -2.24. The SMILES string of the molecule is CCN(Cc1cccnc1NC)c1cccc(C)c1. The van der Waals surface area contributed by atoms with Gasteiger partial charge in [-0.25, -0.2) is 4.98 Å². The third kappa shape index (κ3) is 3.25. The van der Waals surface area contributed by atoms with Gasteiger partial charge >= 0.3 is 0 Å². The van der Waals surface area contributed by atoms with Gasteiger partial charge in [0.25, 0.3) is 0 Å². The van der Waals surface area contributed by atoms with E-state index in [2.05, 4.69) is 59.4 Å². The average Bonchev–Trinajstić information content (AvgIpc) is 2.45. The number of anilines is 2. The van der Waals surface area contributed by atoms with E-state index in [9.17, 15) is 0 Å². The van der Waals surface area contributed by atoms with Crippen LogP contribution < -0.4 is 10.2 Å². The van der Waals surface area contributed by atoms with Crippen LogP contribution in [0.4, 0.5) is 11.5 Å². The highest BCUT2D eigenvalue weighted by Crippen LogP contribution is 2.20. The lowest BCUT2D eigenvalue weighted by molar-refractivity contribution is 0.829. The summed E-state index contributed by atoms with van der Waals surface area (Å²) < 4.78 is 0. The Bertz CT molecular complexity index is 537. The van der Waals surface area contributed by atoms with Crippen LogP contribution in [-0.2, 0) is 6.54 Å². The second-order valence-corrected chi connectivity index (χ2v) is 4.61. The molecule has 0 fully saturated rings. The van der Waals surface area contributed by atoms with Crippen LogP contribution in [0.1, 0.15) is 18.1 Å². The van der Waals surface area contributed by atoms with E-state index in [0.717, 1.165) is 18.9 Å². The standard InChI is InChI=1S/C16H21N3/c1-4-19(15-9-5-7-13(2)11-15)12-14-8-6-10-18-16(14)17-3/h5-11H,4,12H2,1-3H3,(H,17,18). The molecule has 0 radical (unpaired) electrons. The van der Waals surface area contributed by atoms with Gasteiger partial charge in [-0.3, -0.25) is 0 Å². The van der Waals surface area contributed by atoms with Gasteiger partial charge in [-0.1, -0.05) is 18.2 Å². The Balaban J connectivity index is 2.24. The van der Waals surface area contributed by atoms with E-state index in [-0.39, 0.29) is 0 Å². The maximum absolute atomic E-state index is 4.36. The van der Waals surface area contributed by atoms with Crippen LogP contribution in [0, 0.1) is 6.92 Å². The number of aryl methyl sites for hydroxylation is 1. The first-order valence-corrected chi connectivity index (χ1v) is 6.68. The molecule has 0 aliphatic heterocycles. The molecule has 2 aromatic rings. The summed E-state index contributed by atoms with van der Waals surface area (Å²) in [6.45, 7) is 6.14. The molecule has 1 aromatic heterocycles. The van der Waals surface area contributed by atoms with Crippen molar-refractivity contribution >= 4 is 11.5 Å². The lowest BCUT2D eigenvalue weighted by atomic mass is 10.2. The van der Waals surface area contributed by atoms with E-state index in [0.29, 0.717) is 0 Å². The first-order valence-electron chi connectivity index (χ1n) is 6.68. The first kappa shape index (κ1) is 13.4. The zero-order valence-corrected chi connectivity index (χ0v) is 11.9. The van der Waals surface area contributed by atoms with Crippen molar-refractivity contribution < 1.29 is 0 Å². The summed E-state index contributed by atoms with van der Waals surface area (Å²) in [6.07, 6.45) is 1.82. The Kier molecular flexibility index (Phi) is 4.39. The molecule has 0 saturated carbocycles.